The number of benzene rings is 1. The van der Waals surface area contributed by atoms with Gasteiger partial charge < -0.3 is 15.5 Å². The largest absolute Gasteiger partial charge is 0.504 e. The van der Waals surface area contributed by atoms with Gasteiger partial charge in [-0.25, -0.2) is 0 Å². The van der Waals surface area contributed by atoms with E-state index in [2.05, 4.69) is 17.5 Å². The fraction of sp³-hybridized carbons (Fsp3) is 0.400. The molecule has 0 spiro atoms. The lowest BCUT2D eigenvalue weighted by atomic mass is 9.93. The number of hydrogen-bond donors (Lipinski definition) is 3. The van der Waals surface area contributed by atoms with Crippen LogP contribution in [0.15, 0.2) is 30.4 Å². The summed E-state index contributed by atoms with van der Waals surface area (Å²) in [5.41, 5.74) is 0.110. The smallest absolute Gasteiger partial charge is 0.255 e. The number of phenolic OH excluding ortho intramolecular Hbond substituents is 2. The van der Waals surface area contributed by atoms with Crippen LogP contribution in [0, 0.1) is 5.92 Å². The zero-order valence-corrected chi connectivity index (χ0v) is 10.8. The van der Waals surface area contributed by atoms with Crippen molar-refractivity contribution in [2.45, 2.75) is 25.7 Å². The van der Waals surface area contributed by atoms with Crippen molar-refractivity contribution in [3.63, 3.8) is 0 Å². The van der Waals surface area contributed by atoms with Gasteiger partial charge in [-0.3, -0.25) is 4.79 Å². The SMILES string of the molecule is O=C(NCCC1C=CCCC1)c1cccc(O)c1O. The second kappa shape index (κ2) is 6.27. The predicted octanol–water partition coefficient (Wildman–Crippen LogP) is 2.57. The summed E-state index contributed by atoms with van der Waals surface area (Å²) in [6, 6.07) is 4.37. The molecule has 1 aromatic carbocycles. The normalized spacial score (nSPS) is 18.2. The average molecular weight is 261 g/mol. The van der Waals surface area contributed by atoms with Gasteiger partial charge in [0, 0.05) is 6.54 Å². The Bertz CT molecular complexity index is 482. The number of hydrogen-bond acceptors (Lipinski definition) is 3. The molecule has 4 nitrogen and oxygen atoms in total. The Hall–Kier alpha value is -1.97. The predicted molar refractivity (Wildman–Crippen MR) is 73.2 cm³/mol. The number of carbonyl (C=O) groups excluding carboxylic acids is 1. The highest BCUT2D eigenvalue weighted by molar-refractivity contribution is 5.97. The van der Waals surface area contributed by atoms with Gasteiger partial charge in [-0.2, -0.15) is 0 Å². The first-order valence-corrected chi connectivity index (χ1v) is 6.64. The fourth-order valence-electron chi connectivity index (χ4n) is 2.30. The molecule has 2 rings (SSSR count). The third-order valence-corrected chi connectivity index (χ3v) is 3.41. The van der Waals surface area contributed by atoms with E-state index in [-0.39, 0.29) is 23.0 Å². The van der Waals surface area contributed by atoms with Gasteiger partial charge in [0.2, 0.25) is 0 Å². The number of allylic oxidation sites excluding steroid dienone is 2. The van der Waals surface area contributed by atoms with Crippen LogP contribution in [0.25, 0.3) is 0 Å². The van der Waals surface area contributed by atoms with E-state index < -0.39 is 0 Å². The van der Waals surface area contributed by atoms with Crippen LogP contribution in [-0.2, 0) is 0 Å². The number of para-hydroxylation sites is 1. The number of nitrogens with one attached hydrogen (secondary N) is 1. The van der Waals surface area contributed by atoms with Gasteiger partial charge in [-0.15, -0.1) is 0 Å². The molecular formula is C15H19NO3. The number of phenols is 2. The quantitative estimate of drug-likeness (QED) is 0.576. The van der Waals surface area contributed by atoms with Crippen molar-refractivity contribution >= 4 is 5.91 Å². The number of carbonyl (C=O) groups is 1. The van der Waals surface area contributed by atoms with Crippen LogP contribution in [0.5, 0.6) is 11.5 Å². The summed E-state index contributed by atoms with van der Waals surface area (Å²) in [6.45, 7) is 0.572. The monoisotopic (exact) mass is 261 g/mol. The summed E-state index contributed by atoms with van der Waals surface area (Å²) in [5.74, 6) is -0.458. The van der Waals surface area contributed by atoms with Crippen molar-refractivity contribution in [1.29, 1.82) is 0 Å². The van der Waals surface area contributed by atoms with Crippen LogP contribution in [0.4, 0.5) is 0 Å². The molecule has 0 bridgehead atoms. The van der Waals surface area contributed by atoms with Gasteiger partial charge >= 0.3 is 0 Å². The molecule has 102 valence electrons. The molecule has 1 aliphatic rings. The molecule has 1 aromatic rings. The lowest BCUT2D eigenvalue weighted by Gasteiger charge is -2.16. The minimum atomic E-state index is -0.363. The van der Waals surface area contributed by atoms with Crippen molar-refractivity contribution in [2.24, 2.45) is 5.92 Å². The zero-order valence-electron chi connectivity index (χ0n) is 10.8. The Morgan fingerprint density at radius 2 is 2.21 bits per heavy atom. The molecule has 0 heterocycles. The van der Waals surface area contributed by atoms with Crippen LogP contribution < -0.4 is 5.32 Å². The highest BCUT2D eigenvalue weighted by Gasteiger charge is 2.14. The second-order valence-electron chi connectivity index (χ2n) is 4.84. The fourth-order valence-corrected chi connectivity index (χ4v) is 2.30. The van der Waals surface area contributed by atoms with E-state index in [9.17, 15) is 15.0 Å². The van der Waals surface area contributed by atoms with E-state index in [4.69, 9.17) is 0 Å². The van der Waals surface area contributed by atoms with Gasteiger partial charge in [-0.1, -0.05) is 18.2 Å². The first-order chi connectivity index (χ1) is 9.18. The highest BCUT2D eigenvalue weighted by Crippen LogP contribution is 2.28. The minimum Gasteiger partial charge on any atom is -0.504 e. The molecule has 0 radical (unpaired) electrons. The van der Waals surface area contributed by atoms with Gasteiger partial charge in [-0.05, 0) is 43.7 Å². The van der Waals surface area contributed by atoms with Gasteiger partial charge in [0.05, 0.1) is 5.56 Å². The summed E-state index contributed by atoms with van der Waals surface area (Å²) in [4.78, 5) is 11.9. The second-order valence-corrected chi connectivity index (χ2v) is 4.84. The van der Waals surface area contributed by atoms with E-state index in [1.54, 1.807) is 0 Å². The maximum atomic E-state index is 11.9. The standard InChI is InChI=1S/C15H19NO3/c17-13-8-4-7-12(14(13)18)15(19)16-10-9-11-5-2-1-3-6-11/h2,4-5,7-8,11,17-18H,1,3,6,9-10H2,(H,16,19). The highest BCUT2D eigenvalue weighted by atomic mass is 16.3. The molecule has 1 atom stereocenters. The first-order valence-electron chi connectivity index (χ1n) is 6.64. The van der Waals surface area contributed by atoms with Gasteiger partial charge in [0.1, 0.15) is 0 Å². The van der Waals surface area contributed by atoms with Crippen molar-refractivity contribution in [3.05, 3.63) is 35.9 Å². The van der Waals surface area contributed by atoms with Crippen molar-refractivity contribution < 1.29 is 15.0 Å². The summed E-state index contributed by atoms with van der Waals surface area (Å²) >= 11 is 0. The van der Waals surface area contributed by atoms with E-state index in [1.165, 1.54) is 31.0 Å². The van der Waals surface area contributed by atoms with Crippen molar-refractivity contribution in [2.75, 3.05) is 6.54 Å². The lowest BCUT2D eigenvalue weighted by Crippen LogP contribution is -2.26. The molecule has 19 heavy (non-hydrogen) atoms. The summed E-state index contributed by atoms with van der Waals surface area (Å²) in [7, 11) is 0. The molecule has 0 saturated heterocycles. The van der Waals surface area contributed by atoms with Crippen LogP contribution in [0.1, 0.15) is 36.0 Å². The number of amides is 1. The van der Waals surface area contributed by atoms with Crippen LogP contribution in [-0.4, -0.2) is 22.7 Å². The van der Waals surface area contributed by atoms with Crippen LogP contribution in [0.3, 0.4) is 0 Å². The Labute approximate surface area is 112 Å². The minimum absolute atomic E-state index is 0.110. The molecule has 0 aromatic heterocycles. The van der Waals surface area contributed by atoms with Crippen molar-refractivity contribution in [3.8, 4) is 11.5 Å². The molecule has 1 aliphatic carbocycles. The Morgan fingerprint density at radius 3 is 2.95 bits per heavy atom. The molecule has 0 aliphatic heterocycles. The molecule has 4 heteroatoms. The lowest BCUT2D eigenvalue weighted by molar-refractivity contribution is 0.0948. The van der Waals surface area contributed by atoms with E-state index in [1.807, 2.05) is 0 Å². The molecule has 0 saturated carbocycles. The van der Waals surface area contributed by atoms with Crippen LogP contribution >= 0.6 is 0 Å². The zero-order chi connectivity index (χ0) is 13.7. The van der Waals surface area contributed by atoms with E-state index in [0.717, 1.165) is 12.8 Å². The third-order valence-electron chi connectivity index (χ3n) is 3.41. The number of aromatic hydroxyl groups is 2. The molecule has 3 N–H and O–H groups in total. The summed E-state index contributed by atoms with van der Waals surface area (Å²) in [6.07, 6.45) is 8.84. The van der Waals surface area contributed by atoms with Gasteiger partial charge in [0.25, 0.3) is 5.91 Å². The third kappa shape index (κ3) is 3.50. The average Bonchev–Trinajstić information content (AvgIpc) is 2.43. The van der Waals surface area contributed by atoms with Crippen molar-refractivity contribution in [1.82, 2.24) is 5.32 Å². The molecule has 1 amide bonds. The summed E-state index contributed by atoms with van der Waals surface area (Å²) < 4.78 is 0. The van der Waals surface area contributed by atoms with Gasteiger partial charge in [0.15, 0.2) is 11.5 Å². The maximum absolute atomic E-state index is 11.9. The van der Waals surface area contributed by atoms with Crippen LogP contribution in [0.2, 0.25) is 0 Å². The molecule has 0 fully saturated rings. The number of rotatable bonds is 4. The van der Waals surface area contributed by atoms with E-state index in [0.29, 0.717) is 12.5 Å². The Balaban J connectivity index is 1.85. The maximum Gasteiger partial charge on any atom is 0.255 e. The first kappa shape index (κ1) is 13.5. The Kier molecular flexibility index (Phi) is 4.44. The molecule has 1 unspecified atom stereocenters. The Morgan fingerprint density at radius 1 is 1.37 bits per heavy atom. The summed E-state index contributed by atoms with van der Waals surface area (Å²) in [5, 5.41) is 21.7. The topological polar surface area (TPSA) is 69.6 Å². The van der Waals surface area contributed by atoms with E-state index >= 15 is 0 Å². The molecular weight excluding hydrogens is 242 g/mol.